The standard InChI is InChI=1S/C9H13N3O3/c10-6-5-3-14-9(15-5)7(8(6)13)12-2-1-11-4-12/h1-2,4-9,13H,3,10H2. The molecule has 0 amide bonds. The molecule has 5 unspecified atom stereocenters. The molecule has 82 valence electrons. The van der Waals surface area contributed by atoms with Crippen LogP contribution in [0.2, 0.25) is 0 Å². The first kappa shape index (κ1) is 9.29. The third-order valence-electron chi connectivity index (χ3n) is 3.06. The van der Waals surface area contributed by atoms with E-state index in [9.17, 15) is 5.11 Å². The highest BCUT2D eigenvalue weighted by Crippen LogP contribution is 2.34. The molecule has 2 saturated heterocycles. The number of aliphatic hydroxyl groups excluding tert-OH is 1. The molecule has 0 aliphatic carbocycles. The largest absolute Gasteiger partial charge is 0.389 e. The summed E-state index contributed by atoms with van der Waals surface area (Å²) in [5, 5.41) is 10.1. The van der Waals surface area contributed by atoms with Gasteiger partial charge in [-0.3, -0.25) is 0 Å². The lowest BCUT2D eigenvalue weighted by Gasteiger charge is -2.36. The number of imidazole rings is 1. The van der Waals surface area contributed by atoms with Crippen molar-refractivity contribution in [3.8, 4) is 0 Å². The quantitative estimate of drug-likeness (QED) is 0.614. The predicted octanol–water partition coefficient (Wildman–Crippen LogP) is -1.13. The minimum atomic E-state index is -0.662. The molecule has 0 spiro atoms. The maximum atomic E-state index is 10.1. The summed E-state index contributed by atoms with van der Waals surface area (Å²) >= 11 is 0. The number of rotatable bonds is 1. The van der Waals surface area contributed by atoms with E-state index in [1.807, 2.05) is 0 Å². The monoisotopic (exact) mass is 211 g/mol. The van der Waals surface area contributed by atoms with Crippen LogP contribution in [0.15, 0.2) is 18.7 Å². The van der Waals surface area contributed by atoms with E-state index in [0.717, 1.165) is 0 Å². The van der Waals surface area contributed by atoms with Crippen LogP contribution >= 0.6 is 0 Å². The van der Waals surface area contributed by atoms with Gasteiger partial charge in [0.25, 0.3) is 0 Å². The van der Waals surface area contributed by atoms with Crippen LogP contribution in [0, 0.1) is 0 Å². The van der Waals surface area contributed by atoms with Gasteiger partial charge in [0.1, 0.15) is 12.1 Å². The molecule has 2 aliphatic rings. The van der Waals surface area contributed by atoms with Crippen molar-refractivity contribution in [2.75, 3.05) is 6.61 Å². The van der Waals surface area contributed by atoms with Gasteiger partial charge >= 0.3 is 0 Å². The minimum Gasteiger partial charge on any atom is -0.389 e. The first-order valence-corrected chi connectivity index (χ1v) is 4.95. The van der Waals surface area contributed by atoms with E-state index in [4.69, 9.17) is 15.2 Å². The van der Waals surface area contributed by atoms with Crippen LogP contribution in [0.4, 0.5) is 0 Å². The lowest BCUT2D eigenvalue weighted by molar-refractivity contribution is -0.160. The number of aliphatic hydroxyl groups is 1. The van der Waals surface area contributed by atoms with Gasteiger partial charge in [-0.25, -0.2) is 4.98 Å². The Bertz CT molecular complexity index is 342. The van der Waals surface area contributed by atoms with E-state index in [1.165, 1.54) is 0 Å². The van der Waals surface area contributed by atoms with Crippen LogP contribution in [0.25, 0.3) is 0 Å². The average Bonchev–Trinajstić information content (AvgIpc) is 2.85. The Kier molecular flexibility index (Phi) is 2.03. The number of hydrogen-bond acceptors (Lipinski definition) is 5. The van der Waals surface area contributed by atoms with Gasteiger partial charge in [-0.05, 0) is 0 Å². The summed E-state index contributed by atoms with van der Waals surface area (Å²) < 4.78 is 12.8. The molecule has 3 rings (SSSR count). The zero-order valence-electron chi connectivity index (χ0n) is 8.06. The fourth-order valence-electron chi connectivity index (χ4n) is 2.19. The van der Waals surface area contributed by atoms with Crippen molar-refractivity contribution in [3.63, 3.8) is 0 Å². The summed E-state index contributed by atoms with van der Waals surface area (Å²) in [6, 6.07) is -0.711. The molecule has 6 heteroatoms. The van der Waals surface area contributed by atoms with E-state index in [0.29, 0.717) is 6.61 Å². The van der Waals surface area contributed by atoms with Crippen molar-refractivity contribution in [2.45, 2.75) is 30.6 Å². The summed E-state index contributed by atoms with van der Waals surface area (Å²) in [4.78, 5) is 3.94. The second-order valence-electron chi connectivity index (χ2n) is 3.94. The van der Waals surface area contributed by atoms with Crippen molar-refractivity contribution < 1.29 is 14.6 Å². The second kappa shape index (κ2) is 3.28. The van der Waals surface area contributed by atoms with Gasteiger partial charge < -0.3 is 24.9 Å². The number of ether oxygens (including phenoxy) is 2. The van der Waals surface area contributed by atoms with Gasteiger partial charge in [-0.2, -0.15) is 0 Å². The molecule has 15 heavy (non-hydrogen) atoms. The number of nitrogens with two attached hydrogens (primary N) is 1. The second-order valence-corrected chi connectivity index (χ2v) is 3.94. The Labute approximate surface area is 86.6 Å². The normalized spacial score (nSPS) is 44.5. The maximum Gasteiger partial charge on any atom is 0.181 e. The molecule has 3 N–H and O–H groups in total. The molecular formula is C9H13N3O3. The zero-order chi connectivity index (χ0) is 10.4. The Hall–Kier alpha value is -0.950. The number of nitrogens with zero attached hydrogens (tertiary/aromatic N) is 2. The lowest BCUT2D eigenvalue weighted by atomic mass is 9.97. The minimum absolute atomic E-state index is 0.190. The predicted molar refractivity (Wildman–Crippen MR) is 49.9 cm³/mol. The SMILES string of the molecule is NC1C2COC(O2)C(n2ccnc2)C1O. The van der Waals surface area contributed by atoms with Crippen molar-refractivity contribution in [3.05, 3.63) is 18.7 Å². The van der Waals surface area contributed by atoms with E-state index < -0.39 is 18.4 Å². The van der Waals surface area contributed by atoms with Gasteiger partial charge in [0.05, 0.1) is 25.1 Å². The maximum absolute atomic E-state index is 10.1. The van der Waals surface area contributed by atoms with Gasteiger partial charge in [0.2, 0.25) is 0 Å². The van der Waals surface area contributed by atoms with Gasteiger partial charge in [0, 0.05) is 12.4 Å². The summed E-state index contributed by atoms with van der Waals surface area (Å²) in [5.74, 6) is 0. The Morgan fingerprint density at radius 3 is 3.13 bits per heavy atom. The fraction of sp³-hybridized carbons (Fsp3) is 0.667. The first-order chi connectivity index (χ1) is 7.27. The molecule has 5 atom stereocenters. The van der Waals surface area contributed by atoms with Crippen LogP contribution in [0.5, 0.6) is 0 Å². The molecule has 6 nitrogen and oxygen atoms in total. The number of fused-ring (bicyclic) bond motifs is 2. The Balaban J connectivity index is 1.93. The van der Waals surface area contributed by atoms with E-state index >= 15 is 0 Å². The topological polar surface area (TPSA) is 82.5 Å². The molecule has 0 radical (unpaired) electrons. The third kappa shape index (κ3) is 1.30. The van der Waals surface area contributed by atoms with Gasteiger partial charge in [-0.1, -0.05) is 0 Å². The molecule has 0 saturated carbocycles. The van der Waals surface area contributed by atoms with Crippen LogP contribution in [-0.4, -0.2) is 45.8 Å². The van der Waals surface area contributed by atoms with E-state index in [-0.39, 0.29) is 12.1 Å². The summed E-state index contributed by atoms with van der Waals surface area (Å²) in [6.45, 7) is 0.452. The first-order valence-electron chi connectivity index (χ1n) is 4.95. The molecule has 3 heterocycles. The van der Waals surface area contributed by atoms with Gasteiger partial charge in [-0.15, -0.1) is 0 Å². The molecule has 2 fully saturated rings. The van der Waals surface area contributed by atoms with Crippen molar-refractivity contribution in [2.24, 2.45) is 5.73 Å². The zero-order valence-corrected chi connectivity index (χ0v) is 8.06. The Morgan fingerprint density at radius 2 is 2.40 bits per heavy atom. The summed E-state index contributed by atoms with van der Waals surface area (Å²) in [7, 11) is 0. The van der Waals surface area contributed by atoms with Crippen LogP contribution in [0.3, 0.4) is 0 Å². The fourth-order valence-corrected chi connectivity index (χ4v) is 2.19. The lowest BCUT2D eigenvalue weighted by Crippen LogP contribution is -2.55. The van der Waals surface area contributed by atoms with Crippen molar-refractivity contribution in [1.82, 2.24) is 9.55 Å². The molecule has 2 bridgehead atoms. The smallest absolute Gasteiger partial charge is 0.181 e. The van der Waals surface area contributed by atoms with Crippen LogP contribution in [-0.2, 0) is 9.47 Å². The Morgan fingerprint density at radius 1 is 1.53 bits per heavy atom. The van der Waals surface area contributed by atoms with Crippen LogP contribution in [0.1, 0.15) is 6.04 Å². The van der Waals surface area contributed by atoms with E-state index in [2.05, 4.69) is 4.98 Å². The van der Waals surface area contributed by atoms with Crippen molar-refractivity contribution >= 4 is 0 Å². The summed E-state index contributed by atoms with van der Waals surface area (Å²) in [5.41, 5.74) is 5.87. The highest BCUT2D eigenvalue weighted by atomic mass is 16.7. The summed E-state index contributed by atoms with van der Waals surface area (Å²) in [6.07, 6.45) is 3.78. The molecule has 2 aliphatic heterocycles. The van der Waals surface area contributed by atoms with Crippen LogP contribution < -0.4 is 5.73 Å². The van der Waals surface area contributed by atoms with E-state index in [1.54, 1.807) is 23.3 Å². The number of hydrogen-bond donors (Lipinski definition) is 2. The third-order valence-corrected chi connectivity index (χ3v) is 3.06. The molecule has 1 aromatic rings. The van der Waals surface area contributed by atoms with Gasteiger partial charge in [0.15, 0.2) is 6.29 Å². The molecule has 1 aromatic heterocycles. The average molecular weight is 211 g/mol. The number of aromatic nitrogens is 2. The highest BCUT2D eigenvalue weighted by molar-refractivity contribution is 4.99. The highest BCUT2D eigenvalue weighted by Gasteiger charge is 2.49. The van der Waals surface area contributed by atoms with Crippen molar-refractivity contribution in [1.29, 1.82) is 0 Å². The molecular weight excluding hydrogens is 198 g/mol. The molecule has 0 aromatic carbocycles.